The molecule has 2 aromatic heterocycles. The molecule has 0 spiro atoms. The average molecular weight is 369 g/mol. The van der Waals surface area contributed by atoms with Gasteiger partial charge in [0.2, 0.25) is 0 Å². The molecule has 0 aliphatic heterocycles. The Balaban J connectivity index is 1.72. The first-order valence-corrected chi connectivity index (χ1v) is 9.10. The highest BCUT2D eigenvalue weighted by Gasteiger charge is 2.16. The van der Waals surface area contributed by atoms with Gasteiger partial charge in [-0.3, -0.25) is 4.79 Å². The summed E-state index contributed by atoms with van der Waals surface area (Å²) in [6.07, 6.45) is 1.70. The number of ether oxygens (including phenoxy) is 1. The highest BCUT2D eigenvalue weighted by Crippen LogP contribution is 2.26. The maximum Gasteiger partial charge on any atom is 0.257 e. The molecule has 2 heterocycles. The summed E-state index contributed by atoms with van der Waals surface area (Å²) in [5, 5.41) is 3.77. The van der Waals surface area contributed by atoms with Gasteiger partial charge in [-0.1, -0.05) is 30.3 Å². The summed E-state index contributed by atoms with van der Waals surface area (Å²) in [5.74, 6) is 0.546. The van der Waals surface area contributed by atoms with Gasteiger partial charge in [-0.25, -0.2) is 9.97 Å². The molecule has 0 aliphatic rings. The number of fused-ring (bicyclic) bond motifs is 1. The molecule has 2 aromatic carbocycles. The maximum atomic E-state index is 13.1. The van der Waals surface area contributed by atoms with Crippen molar-refractivity contribution in [2.75, 3.05) is 11.9 Å². The first kappa shape index (κ1) is 17.7. The maximum absolute atomic E-state index is 13.1. The molecular formula is C23H19N3O2. The number of carbonyl (C=O) groups excluding carboxylic acids is 1. The first-order valence-electron chi connectivity index (χ1n) is 9.10. The summed E-state index contributed by atoms with van der Waals surface area (Å²) in [4.78, 5) is 22.0. The monoisotopic (exact) mass is 369 g/mol. The lowest BCUT2D eigenvalue weighted by molar-refractivity contribution is 0.102. The third kappa shape index (κ3) is 3.69. The van der Waals surface area contributed by atoms with Crippen molar-refractivity contribution in [1.82, 2.24) is 9.97 Å². The van der Waals surface area contributed by atoms with E-state index < -0.39 is 0 Å². The number of nitrogens with zero attached hydrogens (tertiary/aromatic N) is 2. The van der Waals surface area contributed by atoms with E-state index in [4.69, 9.17) is 4.74 Å². The molecule has 1 N–H and O–H groups in total. The third-order valence-electron chi connectivity index (χ3n) is 4.30. The predicted molar refractivity (Wildman–Crippen MR) is 111 cm³/mol. The fraction of sp³-hybridized carbons (Fsp3) is 0.0870. The minimum Gasteiger partial charge on any atom is -0.494 e. The van der Waals surface area contributed by atoms with Crippen molar-refractivity contribution in [1.29, 1.82) is 0 Å². The molecule has 0 saturated carbocycles. The van der Waals surface area contributed by atoms with E-state index in [-0.39, 0.29) is 5.91 Å². The number of pyridine rings is 2. The number of hydrogen-bond acceptors (Lipinski definition) is 4. The third-order valence-corrected chi connectivity index (χ3v) is 4.30. The second-order valence-electron chi connectivity index (χ2n) is 6.21. The van der Waals surface area contributed by atoms with Crippen molar-refractivity contribution in [3.05, 3.63) is 84.6 Å². The molecule has 0 fully saturated rings. The second kappa shape index (κ2) is 7.88. The van der Waals surface area contributed by atoms with Gasteiger partial charge in [0, 0.05) is 22.8 Å². The van der Waals surface area contributed by atoms with Crippen molar-refractivity contribution < 1.29 is 9.53 Å². The molecule has 0 radical (unpaired) electrons. The van der Waals surface area contributed by atoms with E-state index in [2.05, 4.69) is 15.3 Å². The van der Waals surface area contributed by atoms with Gasteiger partial charge in [0.05, 0.1) is 17.9 Å². The van der Waals surface area contributed by atoms with Gasteiger partial charge in [-0.05, 0) is 49.4 Å². The molecule has 0 atom stereocenters. The quantitative estimate of drug-likeness (QED) is 0.541. The zero-order valence-corrected chi connectivity index (χ0v) is 15.4. The molecule has 4 aromatic rings. The number of hydrogen-bond donors (Lipinski definition) is 1. The van der Waals surface area contributed by atoms with Crippen molar-refractivity contribution in [2.24, 2.45) is 0 Å². The van der Waals surface area contributed by atoms with Crippen LogP contribution in [-0.2, 0) is 0 Å². The van der Waals surface area contributed by atoms with Crippen molar-refractivity contribution in [2.45, 2.75) is 6.92 Å². The Kier molecular flexibility index (Phi) is 4.97. The van der Waals surface area contributed by atoms with Crippen LogP contribution in [0, 0.1) is 0 Å². The van der Waals surface area contributed by atoms with Gasteiger partial charge in [-0.2, -0.15) is 0 Å². The van der Waals surface area contributed by atoms with E-state index >= 15 is 0 Å². The molecule has 0 unspecified atom stereocenters. The van der Waals surface area contributed by atoms with E-state index in [0.717, 1.165) is 16.7 Å². The average Bonchev–Trinajstić information content (AvgIpc) is 2.75. The van der Waals surface area contributed by atoms with Gasteiger partial charge >= 0.3 is 0 Å². The smallest absolute Gasteiger partial charge is 0.257 e. The van der Waals surface area contributed by atoms with Gasteiger partial charge in [0.25, 0.3) is 5.91 Å². The highest BCUT2D eigenvalue weighted by molar-refractivity contribution is 6.09. The van der Waals surface area contributed by atoms with Crippen LogP contribution in [0.5, 0.6) is 5.75 Å². The van der Waals surface area contributed by atoms with Gasteiger partial charge < -0.3 is 10.1 Å². The van der Waals surface area contributed by atoms with E-state index in [1.54, 1.807) is 6.20 Å². The second-order valence-corrected chi connectivity index (χ2v) is 6.21. The van der Waals surface area contributed by atoms with Crippen LogP contribution in [0.2, 0.25) is 0 Å². The molecule has 0 bridgehead atoms. The molecule has 5 heteroatoms. The molecule has 28 heavy (non-hydrogen) atoms. The first-order chi connectivity index (χ1) is 13.7. The van der Waals surface area contributed by atoms with E-state index in [9.17, 15) is 4.79 Å². The summed E-state index contributed by atoms with van der Waals surface area (Å²) in [6.45, 7) is 2.53. The number of rotatable bonds is 5. The van der Waals surface area contributed by atoms with Crippen LogP contribution in [0.1, 0.15) is 17.3 Å². The molecule has 138 valence electrons. The Morgan fingerprint density at radius 1 is 1.00 bits per heavy atom. The fourth-order valence-electron chi connectivity index (χ4n) is 2.99. The van der Waals surface area contributed by atoms with Crippen LogP contribution in [0.4, 0.5) is 5.69 Å². The van der Waals surface area contributed by atoms with Crippen molar-refractivity contribution >= 4 is 22.6 Å². The lowest BCUT2D eigenvalue weighted by atomic mass is 10.0. The summed E-state index contributed by atoms with van der Waals surface area (Å²) < 4.78 is 5.45. The summed E-state index contributed by atoms with van der Waals surface area (Å²) in [6, 6.07) is 22.5. The Morgan fingerprint density at radius 3 is 2.54 bits per heavy atom. The summed E-state index contributed by atoms with van der Waals surface area (Å²) in [7, 11) is 0. The topological polar surface area (TPSA) is 64.1 Å². The SMILES string of the molecule is CCOc1ccc(NC(=O)c2cc3cccnc3nc2-c2ccccc2)cc1. The van der Waals surface area contributed by atoms with Crippen LogP contribution in [-0.4, -0.2) is 22.5 Å². The Bertz CT molecular complexity index is 1110. The Hall–Kier alpha value is -3.73. The van der Waals surface area contributed by atoms with E-state index in [1.165, 1.54) is 0 Å². The lowest BCUT2D eigenvalue weighted by Gasteiger charge is -2.12. The summed E-state index contributed by atoms with van der Waals surface area (Å²) >= 11 is 0. The predicted octanol–water partition coefficient (Wildman–Crippen LogP) is 4.95. The minimum atomic E-state index is -0.221. The van der Waals surface area contributed by atoms with Crippen LogP contribution in [0.25, 0.3) is 22.3 Å². The van der Waals surface area contributed by atoms with Crippen molar-refractivity contribution in [3.8, 4) is 17.0 Å². The normalized spacial score (nSPS) is 10.6. The van der Waals surface area contributed by atoms with Crippen LogP contribution in [0.3, 0.4) is 0 Å². The highest BCUT2D eigenvalue weighted by atomic mass is 16.5. The number of nitrogens with one attached hydrogen (secondary N) is 1. The summed E-state index contributed by atoms with van der Waals surface area (Å²) in [5.41, 5.74) is 3.28. The van der Waals surface area contributed by atoms with Crippen molar-refractivity contribution in [3.63, 3.8) is 0 Å². The van der Waals surface area contributed by atoms with Gasteiger partial charge in [0.1, 0.15) is 5.75 Å². The zero-order valence-electron chi connectivity index (χ0n) is 15.4. The number of amides is 1. The number of benzene rings is 2. The molecule has 0 aliphatic carbocycles. The van der Waals surface area contributed by atoms with Crippen LogP contribution < -0.4 is 10.1 Å². The molecule has 0 saturated heterocycles. The standard InChI is InChI=1S/C23H19N3O2/c1-2-28-19-12-10-18(11-13-19)25-23(27)20-15-17-9-6-14-24-22(17)26-21(20)16-7-4-3-5-8-16/h3-15H,2H2,1H3,(H,25,27). The van der Waals surface area contributed by atoms with Gasteiger partial charge in [0.15, 0.2) is 5.65 Å². The van der Waals surface area contributed by atoms with E-state index in [1.807, 2.05) is 79.7 Å². The largest absolute Gasteiger partial charge is 0.494 e. The lowest BCUT2D eigenvalue weighted by Crippen LogP contribution is -2.14. The van der Waals surface area contributed by atoms with Crippen LogP contribution in [0.15, 0.2) is 79.0 Å². The fourth-order valence-corrected chi connectivity index (χ4v) is 2.99. The zero-order chi connectivity index (χ0) is 19.3. The minimum absolute atomic E-state index is 0.221. The number of carbonyl (C=O) groups is 1. The molecule has 5 nitrogen and oxygen atoms in total. The van der Waals surface area contributed by atoms with Crippen LogP contribution >= 0.6 is 0 Å². The molecule has 4 rings (SSSR count). The number of aromatic nitrogens is 2. The van der Waals surface area contributed by atoms with E-state index in [0.29, 0.717) is 29.2 Å². The van der Waals surface area contributed by atoms with Gasteiger partial charge in [-0.15, -0.1) is 0 Å². The molecule has 1 amide bonds. The molecular weight excluding hydrogens is 350 g/mol. The Labute approximate surface area is 163 Å². The Morgan fingerprint density at radius 2 is 1.79 bits per heavy atom. The number of anilines is 1.